The molecule has 0 nitrogen and oxygen atoms in total. The van der Waals surface area contributed by atoms with Gasteiger partial charge in [-0.1, -0.05) is 80.4 Å². The van der Waals surface area contributed by atoms with E-state index < -0.39 is 0 Å². The van der Waals surface area contributed by atoms with Crippen LogP contribution in [0, 0.1) is 0 Å². The fourth-order valence-electron chi connectivity index (χ4n) is 2.98. The van der Waals surface area contributed by atoms with Crippen LogP contribution in [0.4, 0.5) is 0 Å². The van der Waals surface area contributed by atoms with Crippen molar-refractivity contribution in [3.63, 3.8) is 0 Å². The normalized spacial score (nSPS) is 11.2. The van der Waals surface area contributed by atoms with Gasteiger partial charge in [-0.05, 0) is 56.9 Å². The molecule has 2 heteroatoms. The van der Waals surface area contributed by atoms with Crippen LogP contribution in [-0.2, 0) is 0 Å². The Balaban J connectivity index is 2.19. The highest BCUT2D eigenvalue weighted by molar-refractivity contribution is 9.10. The molecule has 4 aromatic carbocycles. The molecule has 0 aliphatic carbocycles. The Morgan fingerprint density at radius 2 is 1.27 bits per heavy atom. The molecular weight excluding hydrogens is 400 g/mol. The summed E-state index contributed by atoms with van der Waals surface area (Å²) in [6.45, 7) is 0. The average Bonchev–Trinajstić information content (AvgIpc) is 2.55. The maximum atomic E-state index is 3.69. The molecule has 22 heavy (non-hydrogen) atoms. The van der Waals surface area contributed by atoms with E-state index in [-0.39, 0.29) is 0 Å². The van der Waals surface area contributed by atoms with Crippen molar-refractivity contribution in [2.24, 2.45) is 0 Å². The van der Waals surface area contributed by atoms with Gasteiger partial charge in [-0.3, -0.25) is 0 Å². The summed E-state index contributed by atoms with van der Waals surface area (Å²) < 4.78 is 2.23. The maximum Gasteiger partial charge on any atom is 0.0253 e. The summed E-state index contributed by atoms with van der Waals surface area (Å²) >= 11 is 7.27. The van der Waals surface area contributed by atoms with Crippen molar-refractivity contribution in [3.05, 3.63) is 81.7 Å². The molecule has 0 saturated heterocycles. The average molecular weight is 412 g/mol. The minimum absolute atomic E-state index is 1.11. The lowest BCUT2D eigenvalue weighted by Gasteiger charge is -2.12. The smallest absolute Gasteiger partial charge is 0.0253 e. The van der Waals surface area contributed by atoms with Gasteiger partial charge in [-0.25, -0.2) is 0 Å². The molecule has 0 aliphatic heterocycles. The van der Waals surface area contributed by atoms with E-state index in [1.807, 2.05) is 6.07 Å². The first-order chi connectivity index (χ1) is 10.7. The van der Waals surface area contributed by atoms with Crippen molar-refractivity contribution in [2.75, 3.05) is 0 Å². The van der Waals surface area contributed by atoms with Gasteiger partial charge in [0.05, 0.1) is 0 Å². The van der Waals surface area contributed by atoms with Gasteiger partial charge in [-0.15, -0.1) is 0 Å². The van der Waals surface area contributed by atoms with Gasteiger partial charge in [0.2, 0.25) is 0 Å². The van der Waals surface area contributed by atoms with Gasteiger partial charge in [0.1, 0.15) is 0 Å². The van der Waals surface area contributed by atoms with Crippen molar-refractivity contribution in [1.82, 2.24) is 0 Å². The van der Waals surface area contributed by atoms with Crippen LogP contribution in [-0.4, -0.2) is 0 Å². The molecule has 0 aromatic heterocycles. The van der Waals surface area contributed by atoms with Gasteiger partial charge < -0.3 is 0 Å². The SMILES string of the molecule is Brc1ccc2cc(-c3ccccc3Br)c3ccccc3c2c1. The summed E-state index contributed by atoms with van der Waals surface area (Å²) in [4.78, 5) is 0. The van der Waals surface area contributed by atoms with Crippen LogP contribution in [0.5, 0.6) is 0 Å². The summed E-state index contributed by atoms with van der Waals surface area (Å²) in [5.41, 5.74) is 2.49. The lowest BCUT2D eigenvalue weighted by atomic mass is 9.93. The molecule has 0 unspecified atom stereocenters. The van der Waals surface area contributed by atoms with Crippen LogP contribution in [0.2, 0.25) is 0 Å². The van der Waals surface area contributed by atoms with Gasteiger partial charge in [-0.2, -0.15) is 0 Å². The molecule has 0 radical (unpaired) electrons. The first kappa shape index (κ1) is 14.0. The molecule has 0 spiro atoms. The highest BCUT2D eigenvalue weighted by Gasteiger charge is 2.10. The van der Waals surface area contributed by atoms with Crippen molar-refractivity contribution in [2.45, 2.75) is 0 Å². The van der Waals surface area contributed by atoms with Crippen LogP contribution in [0.3, 0.4) is 0 Å². The molecule has 0 N–H and O–H groups in total. The van der Waals surface area contributed by atoms with E-state index in [1.165, 1.54) is 32.7 Å². The summed E-state index contributed by atoms with van der Waals surface area (Å²) in [6, 6.07) is 25.7. The predicted octanol–water partition coefficient (Wildman–Crippen LogP) is 7.19. The van der Waals surface area contributed by atoms with Gasteiger partial charge in [0.25, 0.3) is 0 Å². The number of benzene rings is 4. The fourth-order valence-corrected chi connectivity index (χ4v) is 3.84. The van der Waals surface area contributed by atoms with E-state index in [1.54, 1.807) is 0 Å². The molecular formula is C20H12Br2. The Hall–Kier alpha value is -1.64. The Bertz CT molecular complexity index is 1000. The Morgan fingerprint density at radius 1 is 0.545 bits per heavy atom. The number of hydrogen-bond acceptors (Lipinski definition) is 0. The number of halogens is 2. The summed E-state index contributed by atoms with van der Waals surface area (Å²) in [6.07, 6.45) is 0. The minimum atomic E-state index is 1.11. The fraction of sp³-hybridized carbons (Fsp3) is 0. The highest BCUT2D eigenvalue weighted by Crippen LogP contribution is 2.38. The van der Waals surface area contributed by atoms with Gasteiger partial charge in [0.15, 0.2) is 0 Å². The van der Waals surface area contributed by atoms with Gasteiger partial charge >= 0.3 is 0 Å². The second-order valence-corrected chi connectivity index (χ2v) is 7.09. The molecule has 0 fully saturated rings. The topological polar surface area (TPSA) is 0 Å². The van der Waals surface area contributed by atoms with Gasteiger partial charge in [0, 0.05) is 8.95 Å². The molecule has 106 valence electrons. The number of hydrogen-bond donors (Lipinski definition) is 0. The van der Waals surface area contributed by atoms with E-state index in [4.69, 9.17) is 0 Å². The first-order valence-corrected chi connectivity index (χ1v) is 8.68. The lowest BCUT2D eigenvalue weighted by molar-refractivity contribution is 1.62. The summed E-state index contributed by atoms with van der Waals surface area (Å²) in [5.74, 6) is 0. The van der Waals surface area contributed by atoms with E-state index in [2.05, 4.69) is 98.6 Å². The molecule has 0 amide bonds. The molecule has 4 rings (SSSR count). The van der Waals surface area contributed by atoms with Crippen molar-refractivity contribution in [3.8, 4) is 11.1 Å². The van der Waals surface area contributed by atoms with Crippen molar-refractivity contribution in [1.29, 1.82) is 0 Å². The Morgan fingerprint density at radius 3 is 2.09 bits per heavy atom. The monoisotopic (exact) mass is 410 g/mol. The summed E-state index contributed by atoms with van der Waals surface area (Å²) in [7, 11) is 0. The quantitative estimate of drug-likeness (QED) is 0.291. The van der Waals surface area contributed by atoms with E-state index in [9.17, 15) is 0 Å². The van der Waals surface area contributed by atoms with Crippen LogP contribution in [0.25, 0.3) is 32.7 Å². The van der Waals surface area contributed by atoms with Crippen LogP contribution in [0.1, 0.15) is 0 Å². The van der Waals surface area contributed by atoms with E-state index in [0.29, 0.717) is 0 Å². The van der Waals surface area contributed by atoms with Crippen LogP contribution >= 0.6 is 31.9 Å². The molecule has 0 atom stereocenters. The third-order valence-electron chi connectivity index (χ3n) is 3.99. The Kier molecular flexibility index (Phi) is 3.51. The number of rotatable bonds is 1. The van der Waals surface area contributed by atoms with Crippen LogP contribution in [0.15, 0.2) is 81.7 Å². The predicted molar refractivity (Wildman–Crippen MR) is 102 cm³/mol. The largest absolute Gasteiger partial charge is 0.0616 e. The van der Waals surface area contributed by atoms with Crippen molar-refractivity contribution >= 4 is 53.4 Å². The summed E-state index contributed by atoms with van der Waals surface area (Å²) in [5, 5.41) is 5.10. The molecule has 0 heterocycles. The third-order valence-corrected chi connectivity index (χ3v) is 5.17. The zero-order chi connectivity index (χ0) is 15.1. The zero-order valence-corrected chi connectivity index (χ0v) is 14.9. The number of fused-ring (bicyclic) bond motifs is 3. The van der Waals surface area contributed by atoms with Crippen LogP contribution < -0.4 is 0 Å². The zero-order valence-electron chi connectivity index (χ0n) is 11.7. The standard InChI is InChI=1S/C20H12Br2/c21-14-10-9-13-11-19(17-7-3-4-8-20(17)22)16-6-2-1-5-15(16)18(13)12-14/h1-12H. The second kappa shape index (κ2) is 5.53. The Labute approximate surface area is 146 Å². The maximum absolute atomic E-state index is 3.69. The van der Waals surface area contributed by atoms with E-state index >= 15 is 0 Å². The molecule has 0 bridgehead atoms. The third kappa shape index (κ3) is 2.27. The minimum Gasteiger partial charge on any atom is -0.0616 e. The molecule has 0 saturated carbocycles. The second-order valence-electron chi connectivity index (χ2n) is 5.32. The molecule has 4 aromatic rings. The van der Waals surface area contributed by atoms with E-state index in [0.717, 1.165) is 8.95 Å². The first-order valence-electron chi connectivity index (χ1n) is 7.10. The lowest BCUT2D eigenvalue weighted by Crippen LogP contribution is -1.85. The molecule has 0 aliphatic rings. The van der Waals surface area contributed by atoms with Crippen molar-refractivity contribution < 1.29 is 0 Å². The highest BCUT2D eigenvalue weighted by atomic mass is 79.9.